The third-order valence-electron chi connectivity index (χ3n) is 5.69. The van der Waals surface area contributed by atoms with Crippen LogP contribution in [0.3, 0.4) is 0 Å². The maximum absolute atomic E-state index is 10.9. The summed E-state index contributed by atoms with van der Waals surface area (Å²) in [6.45, 7) is 21.0. The number of methoxy groups -OCH3 is 3. The average Bonchev–Trinajstić information content (AvgIpc) is 3.11. The van der Waals surface area contributed by atoms with Crippen molar-refractivity contribution < 1.29 is 38.2 Å². The van der Waals surface area contributed by atoms with Crippen LogP contribution in [0.5, 0.6) is 0 Å². The van der Waals surface area contributed by atoms with Gasteiger partial charge in [0.25, 0.3) is 0 Å². The normalized spacial score (nSPS) is 8.71. The molecule has 0 saturated heterocycles. The number of allylic oxidation sites excluding steroid dienone is 3. The number of nitrogens with zero attached hydrogens (tertiary/aromatic N) is 2. The Bertz CT molecular complexity index is 909. The number of nitriles is 1. The summed E-state index contributed by atoms with van der Waals surface area (Å²) < 4.78 is 13.2. The Balaban J connectivity index is -0.000000143. The predicted octanol–water partition coefficient (Wildman–Crippen LogP) is 9.61. The molecule has 0 heterocycles. The van der Waals surface area contributed by atoms with Crippen LogP contribution in [-0.2, 0) is 38.2 Å². The minimum Gasteiger partial charge on any atom is -0.469 e. The fourth-order valence-corrected chi connectivity index (χ4v) is 3.28. The van der Waals surface area contributed by atoms with E-state index in [-0.39, 0.29) is 30.5 Å². The Kier molecular flexibility index (Phi) is 71.5. The van der Waals surface area contributed by atoms with E-state index in [4.69, 9.17) is 21.4 Å². The number of hydrogen-bond acceptors (Lipinski definition) is 9. The van der Waals surface area contributed by atoms with Crippen molar-refractivity contribution in [2.45, 2.75) is 122 Å². The first kappa shape index (κ1) is 55.8. The maximum Gasteiger partial charge on any atom is 0.373 e. The highest BCUT2D eigenvalue weighted by atomic mass is 16.5. The molecule has 0 fully saturated rings. The molecule has 272 valence electrons. The lowest BCUT2D eigenvalue weighted by atomic mass is 10.1. The van der Waals surface area contributed by atoms with Gasteiger partial charge < -0.3 is 14.2 Å². The first-order valence-electron chi connectivity index (χ1n) is 16.2. The van der Waals surface area contributed by atoms with E-state index < -0.39 is 0 Å². The molecule has 0 aliphatic rings. The summed E-state index contributed by atoms with van der Waals surface area (Å²) in [4.78, 5) is 50.5. The van der Waals surface area contributed by atoms with E-state index in [9.17, 15) is 14.4 Å². The second-order valence-electron chi connectivity index (χ2n) is 9.40. The van der Waals surface area contributed by atoms with E-state index in [0.717, 1.165) is 12.8 Å². The molecule has 0 unspecified atom stereocenters. The van der Waals surface area contributed by atoms with Crippen LogP contribution in [0.2, 0.25) is 0 Å². The number of rotatable bonds is 21. The zero-order valence-electron chi connectivity index (χ0n) is 30.2. The van der Waals surface area contributed by atoms with Gasteiger partial charge in [-0.15, -0.1) is 19.7 Å². The fourth-order valence-electron chi connectivity index (χ4n) is 3.28. The van der Waals surface area contributed by atoms with Crippen LogP contribution in [0.4, 0.5) is 0 Å². The molecule has 48 heavy (non-hydrogen) atoms. The van der Waals surface area contributed by atoms with Gasteiger partial charge in [-0.3, -0.25) is 14.4 Å². The van der Waals surface area contributed by atoms with Gasteiger partial charge in [-0.1, -0.05) is 102 Å². The van der Waals surface area contributed by atoms with Crippen LogP contribution in [-0.4, -0.2) is 45.4 Å². The van der Waals surface area contributed by atoms with Crippen molar-refractivity contribution in [1.29, 1.82) is 5.26 Å². The SMILES string of the molecule is C=C.C=CC#N.C=CCC(=O)OC.CCCCCCCCCC=CCCCCCCCCC(=O)OC.O=C=O.[C-]#[N+]C=CCC(=O)OC. The fraction of sp³-hybridized carbons (Fsp3) is 0.579. The molecule has 10 heteroatoms. The molecular formula is C38H62N2O8. The molecule has 0 aliphatic carbocycles. The van der Waals surface area contributed by atoms with Crippen LogP contribution in [0.15, 0.2) is 62.9 Å². The van der Waals surface area contributed by atoms with Gasteiger partial charge in [-0.25, -0.2) is 4.85 Å². The van der Waals surface area contributed by atoms with Gasteiger partial charge in [0.15, 0.2) is 6.20 Å². The highest BCUT2D eigenvalue weighted by molar-refractivity contribution is 5.71. The van der Waals surface area contributed by atoms with Crippen LogP contribution >= 0.6 is 0 Å². The average molecular weight is 675 g/mol. The number of carbonyl (C=O) groups is 3. The largest absolute Gasteiger partial charge is 0.469 e. The van der Waals surface area contributed by atoms with Crippen molar-refractivity contribution >= 4 is 24.1 Å². The topological polar surface area (TPSA) is 141 Å². The number of carbonyl (C=O) groups excluding carboxylic acids is 5. The predicted molar refractivity (Wildman–Crippen MR) is 192 cm³/mol. The van der Waals surface area contributed by atoms with E-state index in [0.29, 0.717) is 12.8 Å². The summed E-state index contributed by atoms with van der Waals surface area (Å²) in [5.74, 6) is -0.638. The summed E-state index contributed by atoms with van der Waals surface area (Å²) in [6.07, 6.45) is 31.0. The number of ether oxygens (including phenoxy) is 3. The van der Waals surface area contributed by atoms with E-state index in [2.05, 4.69) is 64.4 Å². The van der Waals surface area contributed by atoms with Gasteiger partial charge in [0.1, 0.15) is 0 Å². The van der Waals surface area contributed by atoms with Gasteiger partial charge >= 0.3 is 24.1 Å². The molecule has 10 nitrogen and oxygen atoms in total. The quantitative estimate of drug-likeness (QED) is 0.0290. The van der Waals surface area contributed by atoms with Crippen LogP contribution in [0.25, 0.3) is 4.85 Å². The van der Waals surface area contributed by atoms with Crippen LogP contribution in [0.1, 0.15) is 122 Å². The maximum atomic E-state index is 10.9. The van der Waals surface area contributed by atoms with Crippen molar-refractivity contribution in [2.24, 2.45) is 0 Å². The molecule has 0 radical (unpaired) electrons. The van der Waals surface area contributed by atoms with Crippen LogP contribution in [0, 0.1) is 17.9 Å². The second kappa shape index (κ2) is 61.5. The Morgan fingerprint density at radius 2 is 1.06 bits per heavy atom. The highest BCUT2D eigenvalue weighted by Crippen LogP contribution is 2.11. The second-order valence-corrected chi connectivity index (χ2v) is 9.40. The standard InChI is InChI=1S/C21H40O2.C6H7NO2.C5H8O2.C3H3N.C2H4.CO2/c1-3-4-5-6-7-8-9-10-11-12-13-14-15-16-17-18-19-20-21(22)23-2;1-7-5-3-4-6(8)9-2;1-3-4-5(6)7-2;1-2-3-4;1-2;2-1-3/h11-12H,3-10,13-20H2,1-2H3;3,5H,4H2,2H3;3H,1,4H2,2H3;2H,1H2;1-2H2;. The minimum atomic E-state index is -0.324. The minimum absolute atomic E-state index is 0.0731. The van der Waals surface area contributed by atoms with E-state index in [1.165, 1.54) is 129 Å². The Labute approximate surface area is 291 Å². The summed E-state index contributed by atoms with van der Waals surface area (Å²) in [5, 5.41) is 7.51. The van der Waals surface area contributed by atoms with E-state index >= 15 is 0 Å². The Morgan fingerprint density at radius 3 is 1.40 bits per heavy atom. The first-order chi connectivity index (χ1) is 23.3. The van der Waals surface area contributed by atoms with Gasteiger partial charge in [0, 0.05) is 12.5 Å². The molecule has 0 aromatic carbocycles. The Morgan fingerprint density at radius 1 is 0.688 bits per heavy atom. The van der Waals surface area contributed by atoms with Gasteiger partial charge in [-0.05, 0) is 32.1 Å². The van der Waals surface area contributed by atoms with Crippen LogP contribution < -0.4 is 0 Å². The number of unbranched alkanes of at least 4 members (excludes halogenated alkanes) is 13. The zero-order chi connectivity index (χ0) is 37.9. The summed E-state index contributed by atoms with van der Waals surface area (Å²) >= 11 is 0. The molecule has 0 bridgehead atoms. The van der Waals surface area contributed by atoms with Crippen molar-refractivity contribution in [3.63, 3.8) is 0 Å². The summed E-state index contributed by atoms with van der Waals surface area (Å²) in [7, 11) is 4.13. The van der Waals surface area contributed by atoms with Crippen molar-refractivity contribution in [3.8, 4) is 6.07 Å². The molecule has 0 N–H and O–H groups in total. The zero-order valence-corrected chi connectivity index (χ0v) is 30.2. The van der Waals surface area contributed by atoms with Gasteiger partial charge in [0.2, 0.25) is 0 Å². The van der Waals surface area contributed by atoms with Crippen molar-refractivity contribution in [1.82, 2.24) is 0 Å². The molecule has 0 rings (SSSR count). The molecule has 0 spiro atoms. The molecule has 0 atom stereocenters. The molecule has 0 saturated carbocycles. The third-order valence-corrected chi connectivity index (χ3v) is 5.69. The lowest BCUT2D eigenvalue weighted by Crippen LogP contribution is -1.99. The third kappa shape index (κ3) is 78.2. The molecule has 0 aliphatic heterocycles. The van der Waals surface area contributed by atoms with Crippen molar-refractivity contribution in [3.05, 3.63) is 74.3 Å². The summed E-state index contributed by atoms with van der Waals surface area (Å²) in [5.41, 5.74) is 0. The van der Waals surface area contributed by atoms with Gasteiger partial charge in [0.05, 0.1) is 46.8 Å². The summed E-state index contributed by atoms with van der Waals surface area (Å²) in [6, 6.07) is 1.69. The lowest BCUT2D eigenvalue weighted by molar-refractivity contribution is -0.191. The molecule has 0 aromatic rings. The first-order valence-corrected chi connectivity index (χ1v) is 16.2. The number of esters is 3. The van der Waals surface area contributed by atoms with Gasteiger partial charge in [-0.2, -0.15) is 14.9 Å². The molecule has 0 aromatic heterocycles. The highest BCUT2D eigenvalue weighted by Gasteiger charge is 1.98. The molecular weight excluding hydrogens is 612 g/mol. The Hall–Kier alpha value is -4.53. The smallest absolute Gasteiger partial charge is 0.373 e. The van der Waals surface area contributed by atoms with Crippen molar-refractivity contribution in [2.75, 3.05) is 21.3 Å². The van der Waals surface area contributed by atoms with E-state index in [1.54, 1.807) is 6.07 Å². The van der Waals surface area contributed by atoms with E-state index in [1.807, 2.05) is 0 Å². The molecule has 0 amide bonds. The number of hydrogen-bond donors (Lipinski definition) is 0. The lowest BCUT2D eigenvalue weighted by Gasteiger charge is -2.01. The monoisotopic (exact) mass is 674 g/mol.